The first-order valence-electron chi connectivity index (χ1n) is 7.50. The molecule has 3 aromatic carbocycles. The van der Waals surface area contributed by atoms with E-state index in [9.17, 15) is 0 Å². The van der Waals surface area contributed by atoms with E-state index in [1.54, 1.807) is 0 Å². The van der Waals surface area contributed by atoms with Gasteiger partial charge in [0, 0.05) is 13.1 Å². The molecular formula is C20H20N2. The van der Waals surface area contributed by atoms with E-state index in [1.807, 2.05) is 18.2 Å². The third-order valence-electron chi connectivity index (χ3n) is 3.98. The predicted octanol–water partition coefficient (Wildman–Crippen LogP) is 3.94. The first-order valence-corrected chi connectivity index (χ1v) is 7.50. The highest BCUT2D eigenvalue weighted by molar-refractivity contribution is 5.75. The second-order valence-electron chi connectivity index (χ2n) is 5.30. The third-order valence-corrected chi connectivity index (χ3v) is 3.98. The Kier molecular flexibility index (Phi) is 4.33. The van der Waals surface area contributed by atoms with E-state index in [1.165, 1.54) is 22.3 Å². The minimum absolute atomic E-state index is 0.498. The maximum absolute atomic E-state index is 5.96. The minimum Gasteiger partial charge on any atom is -0.326 e. The van der Waals surface area contributed by atoms with E-state index >= 15 is 0 Å². The van der Waals surface area contributed by atoms with Crippen LogP contribution >= 0.6 is 0 Å². The molecule has 2 nitrogen and oxygen atoms in total. The highest BCUT2D eigenvalue weighted by Gasteiger charge is 2.08. The van der Waals surface area contributed by atoms with Gasteiger partial charge in [-0.05, 0) is 39.4 Å². The molecule has 0 spiro atoms. The zero-order chi connectivity index (χ0) is 15.4. The van der Waals surface area contributed by atoms with Crippen LogP contribution in [0.1, 0.15) is 11.1 Å². The monoisotopic (exact) mass is 288 g/mol. The van der Waals surface area contributed by atoms with E-state index in [-0.39, 0.29) is 0 Å². The van der Waals surface area contributed by atoms with Crippen molar-refractivity contribution in [2.75, 3.05) is 0 Å². The normalized spacial score (nSPS) is 10.6. The van der Waals surface area contributed by atoms with Gasteiger partial charge in [-0.1, -0.05) is 66.7 Å². The zero-order valence-corrected chi connectivity index (χ0v) is 12.5. The van der Waals surface area contributed by atoms with Crippen LogP contribution in [0.4, 0.5) is 0 Å². The molecule has 0 aliphatic carbocycles. The molecule has 0 aliphatic rings. The Hall–Kier alpha value is -2.42. The standard InChI is InChI=1S/C20H20N2/c21-13-18-10-5-11-19(20(18)14-22)17-9-4-8-16(12-17)15-6-2-1-3-7-15/h1-12H,13-14,21-22H2. The summed E-state index contributed by atoms with van der Waals surface area (Å²) in [6, 6.07) is 25.2. The fraction of sp³-hybridized carbons (Fsp3) is 0.100. The van der Waals surface area contributed by atoms with Crippen LogP contribution in [0.5, 0.6) is 0 Å². The van der Waals surface area contributed by atoms with Gasteiger partial charge in [-0.3, -0.25) is 0 Å². The van der Waals surface area contributed by atoms with Crippen LogP contribution in [0, 0.1) is 0 Å². The molecule has 0 aromatic heterocycles. The molecule has 0 unspecified atom stereocenters. The SMILES string of the molecule is NCc1cccc(-c2cccc(-c3ccccc3)c2)c1CN. The number of hydrogen-bond donors (Lipinski definition) is 2. The summed E-state index contributed by atoms with van der Waals surface area (Å²) in [7, 11) is 0. The van der Waals surface area contributed by atoms with Gasteiger partial charge in [0.25, 0.3) is 0 Å². The molecule has 0 amide bonds. The molecule has 2 heteroatoms. The summed E-state index contributed by atoms with van der Waals surface area (Å²) in [5, 5.41) is 0. The van der Waals surface area contributed by atoms with E-state index in [0.717, 1.165) is 11.1 Å². The first-order chi connectivity index (χ1) is 10.8. The van der Waals surface area contributed by atoms with Crippen LogP contribution in [0.15, 0.2) is 72.8 Å². The van der Waals surface area contributed by atoms with E-state index < -0.39 is 0 Å². The molecule has 0 fully saturated rings. The molecule has 0 heterocycles. The van der Waals surface area contributed by atoms with Crippen molar-refractivity contribution in [2.24, 2.45) is 11.5 Å². The van der Waals surface area contributed by atoms with E-state index in [0.29, 0.717) is 13.1 Å². The lowest BCUT2D eigenvalue weighted by Gasteiger charge is -2.13. The highest BCUT2D eigenvalue weighted by atomic mass is 14.6. The van der Waals surface area contributed by atoms with Crippen LogP contribution in [0.3, 0.4) is 0 Å². The van der Waals surface area contributed by atoms with Gasteiger partial charge < -0.3 is 11.5 Å². The Balaban J connectivity index is 2.10. The second kappa shape index (κ2) is 6.56. The quantitative estimate of drug-likeness (QED) is 0.764. The lowest BCUT2D eigenvalue weighted by atomic mass is 9.93. The van der Waals surface area contributed by atoms with Gasteiger partial charge in [0.2, 0.25) is 0 Å². The van der Waals surface area contributed by atoms with Gasteiger partial charge in [0.05, 0.1) is 0 Å². The largest absolute Gasteiger partial charge is 0.326 e. The van der Waals surface area contributed by atoms with Crippen molar-refractivity contribution in [3.8, 4) is 22.3 Å². The summed E-state index contributed by atoms with van der Waals surface area (Å²) in [5.74, 6) is 0. The summed E-state index contributed by atoms with van der Waals surface area (Å²) in [4.78, 5) is 0. The van der Waals surface area contributed by atoms with Crippen LogP contribution in [0.25, 0.3) is 22.3 Å². The summed E-state index contributed by atoms with van der Waals surface area (Å²) >= 11 is 0. The fourth-order valence-electron chi connectivity index (χ4n) is 2.83. The number of rotatable bonds is 4. The molecule has 3 rings (SSSR count). The summed E-state index contributed by atoms with van der Waals surface area (Å²) in [6.45, 7) is 1.01. The summed E-state index contributed by atoms with van der Waals surface area (Å²) < 4.78 is 0. The number of benzene rings is 3. The van der Waals surface area contributed by atoms with Crippen LogP contribution < -0.4 is 11.5 Å². The van der Waals surface area contributed by atoms with Gasteiger partial charge in [-0.2, -0.15) is 0 Å². The van der Waals surface area contributed by atoms with Crippen LogP contribution in [0.2, 0.25) is 0 Å². The molecular weight excluding hydrogens is 268 g/mol. The molecule has 0 atom stereocenters. The van der Waals surface area contributed by atoms with Crippen LogP contribution in [-0.2, 0) is 13.1 Å². The molecule has 0 bridgehead atoms. The zero-order valence-electron chi connectivity index (χ0n) is 12.5. The predicted molar refractivity (Wildman–Crippen MR) is 93.1 cm³/mol. The van der Waals surface area contributed by atoms with Crippen molar-refractivity contribution in [1.82, 2.24) is 0 Å². The lowest BCUT2D eigenvalue weighted by Crippen LogP contribution is -2.07. The Morgan fingerprint density at radius 3 is 2.00 bits per heavy atom. The maximum Gasteiger partial charge on any atom is 0.0187 e. The summed E-state index contributed by atoms with van der Waals surface area (Å²) in [5.41, 5.74) is 18.8. The average molecular weight is 288 g/mol. The number of nitrogens with two attached hydrogens (primary N) is 2. The van der Waals surface area contributed by atoms with Crippen LogP contribution in [-0.4, -0.2) is 0 Å². The number of hydrogen-bond acceptors (Lipinski definition) is 2. The topological polar surface area (TPSA) is 52.0 Å². The molecule has 0 aliphatic heterocycles. The third kappa shape index (κ3) is 2.80. The fourth-order valence-corrected chi connectivity index (χ4v) is 2.83. The van der Waals surface area contributed by atoms with Crippen molar-refractivity contribution < 1.29 is 0 Å². The van der Waals surface area contributed by atoms with Gasteiger partial charge >= 0.3 is 0 Å². The minimum atomic E-state index is 0.498. The molecule has 110 valence electrons. The van der Waals surface area contributed by atoms with Crippen molar-refractivity contribution in [2.45, 2.75) is 13.1 Å². The lowest BCUT2D eigenvalue weighted by molar-refractivity contribution is 0.982. The molecule has 0 saturated carbocycles. The van der Waals surface area contributed by atoms with Gasteiger partial charge in [0.1, 0.15) is 0 Å². The second-order valence-corrected chi connectivity index (χ2v) is 5.30. The van der Waals surface area contributed by atoms with E-state index in [4.69, 9.17) is 11.5 Å². The van der Waals surface area contributed by atoms with Crippen molar-refractivity contribution in [1.29, 1.82) is 0 Å². The van der Waals surface area contributed by atoms with Crippen molar-refractivity contribution >= 4 is 0 Å². The maximum atomic E-state index is 5.96. The molecule has 22 heavy (non-hydrogen) atoms. The van der Waals surface area contributed by atoms with Crippen molar-refractivity contribution in [3.05, 3.63) is 83.9 Å². The average Bonchev–Trinajstić information content (AvgIpc) is 2.61. The Morgan fingerprint density at radius 1 is 0.591 bits per heavy atom. The Labute approximate surface area is 131 Å². The molecule has 3 aromatic rings. The molecule has 0 saturated heterocycles. The molecule has 4 N–H and O–H groups in total. The van der Waals surface area contributed by atoms with Gasteiger partial charge in [-0.15, -0.1) is 0 Å². The summed E-state index contributed by atoms with van der Waals surface area (Å²) in [6.07, 6.45) is 0. The Morgan fingerprint density at radius 2 is 1.27 bits per heavy atom. The highest BCUT2D eigenvalue weighted by Crippen LogP contribution is 2.29. The smallest absolute Gasteiger partial charge is 0.0187 e. The van der Waals surface area contributed by atoms with E-state index in [2.05, 4.69) is 54.6 Å². The van der Waals surface area contributed by atoms with Gasteiger partial charge in [-0.25, -0.2) is 0 Å². The van der Waals surface area contributed by atoms with Crippen molar-refractivity contribution in [3.63, 3.8) is 0 Å². The van der Waals surface area contributed by atoms with Gasteiger partial charge in [0.15, 0.2) is 0 Å². The first kappa shape index (κ1) is 14.5. The molecule has 0 radical (unpaired) electrons. The Bertz CT molecular complexity index is 764.